The van der Waals surface area contributed by atoms with Crippen molar-refractivity contribution < 1.29 is 4.42 Å². The van der Waals surface area contributed by atoms with Crippen molar-refractivity contribution in [1.29, 1.82) is 0 Å². The number of hydrogen-bond acceptors (Lipinski definition) is 4. The molecule has 26 heavy (non-hydrogen) atoms. The molecule has 0 saturated carbocycles. The molecule has 7 nitrogen and oxygen atoms in total. The summed E-state index contributed by atoms with van der Waals surface area (Å²) in [7, 11) is 0. The van der Waals surface area contributed by atoms with Gasteiger partial charge in [0.15, 0.2) is 5.96 Å². The fourth-order valence-electron chi connectivity index (χ4n) is 3.16. The van der Waals surface area contributed by atoms with Gasteiger partial charge in [0.2, 0.25) is 0 Å². The molecule has 0 aromatic carbocycles. The number of hydrogen-bond donors (Lipinski definition) is 2. The van der Waals surface area contributed by atoms with Crippen LogP contribution in [0.15, 0.2) is 46.5 Å². The number of nitrogens with one attached hydrogen (secondary N) is 2. The number of aromatic nitrogens is 2. The van der Waals surface area contributed by atoms with E-state index in [0.717, 1.165) is 44.4 Å². The highest BCUT2D eigenvalue weighted by molar-refractivity contribution is 14.0. The quantitative estimate of drug-likeness (QED) is 0.351. The van der Waals surface area contributed by atoms with Crippen molar-refractivity contribution in [3.63, 3.8) is 0 Å². The second-order valence-corrected chi connectivity index (χ2v) is 6.22. The van der Waals surface area contributed by atoms with E-state index in [2.05, 4.69) is 33.5 Å². The fourth-order valence-corrected chi connectivity index (χ4v) is 3.16. The molecule has 0 aliphatic carbocycles. The molecule has 144 valence electrons. The van der Waals surface area contributed by atoms with Crippen molar-refractivity contribution in [2.24, 2.45) is 4.99 Å². The van der Waals surface area contributed by atoms with E-state index < -0.39 is 0 Å². The Balaban J connectivity index is 0.00000243. The lowest BCUT2D eigenvalue weighted by molar-refractivity contribution is 0.221. The molecule has 1 saturated heterocycles. The molecule has 2 N–H and O–H groups in total. The van der Waals surface area contributed by atoms with Gasteiger partial charge in [-0.2, -0.15) is 0 Å². The van der Waals surface area contributed by atoms with Crippen LogP contribution in [0, 0.1) is 0 Å². The van der Waals surface area contributed by atoms with Crippen LogP contribution in [-0.4, -0.2) is 53.1 Å². The highest BCUT2D eigenvalue weighted by atomic mass is 127. The third-order valence-electron chi connectivity index (χ3n) is 4.44. The molecule has 1 atom stereocenters. The molecule has 0 bridgehead atoms. The van der Waals surface area contributed by atoms with Crippen LogP contribution in [0.1, 0.15) is 31.6 Å². The largest absolute Gasteiger partial charge is 0.468 e. The molecule has 1 fully saturated rings. The van der Waals surface area contributed by atoms with Crippen LogP contribution in [-0.2, 0) is 6.54 Å². The predicted molar refractivity (Wildman–Crippen MR) is 114 cm³/mol. The maximum atomic E-state index is 5.67. The molecule has 0 amide bonds. The summed E-state index contributed by atoms with van der Waals surface area (Å²) in [6.45, 7) is 7.50. The minimum atomic E-state index is 0. The Morgan fingerprint density at radius 2 is 2.19 bits per heavy atom. The smallest absolute Gasteiger partial charge is 0.191 e. The van der Waals surface area contributed by atoms with Crippen molar-refractivity contribution in [1.82, 2.24) is 25.1 Å². The van der Waals surface area contributed by atoms with Gasteiger partial charge in [-0.15, -0.1) is 24.0 Å². The third-order valence-corrected chi connectivity index (χ3v) is 4.44. The zero-order chi connectivity index (χ0) is 17.3. The summed E-state index contributed by atoms with van der Waals surface area (Å²) in [5, 5.41) is 6.71. The highest BCUT2D eigenvalue weighted by Gasteiger charge is 2.25. The molecule has 0 radical (unpaired) electrons. The number of rotatable bonds is 8. The zero-order valence-corrected chi connectivity index (χ0v) is 17.6. The van der Waals surface area contributed by atoms with E-state index in [0.29, 0.717) is 6.54 Å². The van der Waals surface area contributed by atoms with Gasteiger partial charge in [-0.1, -0.05) is 0 Å². The maximum Gasteiger partial charge on any atom is 0.191 e. The Morgan fingerprint density at radius 3 is 2.85 bits per heavy atom. The van der Waals surface area contributed by atoms with Gasteiger partial charge in [0, 0.05) is 32.0 Å². The van der Waals surface area contributed by atoms with E-state index in [9.17, 15) is 0 Å². The van der Waals surface area contributed by atoms with E-state index in [1.807, 2.05) is 23.2 Å². The number of furan rings is 1. The van der Waals surface area contributed by atoms with Gasteiger partial charge in [0.25, 0.3) is 0 Å². The molecular weight excluding hydrogens is 443 g/mol. The zero-order valence-electron chi connectivity index (χ0n) is 15.3. The van der Waals surface area contributed by atoms with Gasteiger partial charge < -0.3 is 19.6 Å². The first-order valence-electron chi connectivity index (χ1n) is 9.12. The normalized spacial score (nSPS) is 16.3. The highest BCUT2D eigenvalue weighted by Crippen LogP contribution is 2.25. The average molecular weight is 472 g/mol. The molecule has 0 spiro atoms. The van der Waals surface area contributed by atoms with Crippen LogP contribution in [0.4, 0.5) is 0 Å². The first kappa shape index (κ1) is 20.8. The number of likely N-dealkylation sites (tertiary alicyclic amines) is 1. The van der Waals surface area contributed by atoms with E-state index >= 15 is 0 Å². The molecule has 8 heteroatoms. The molecule has 1 unspecified atom stereocenters. The monoisotopic (exact) mass is 472 g/mol. The third kappa shape index (κ3) is 6.01. The van der Waals surface area contributed by atoms with Crippen molar-refractivity contribution in [3.05, 3.63) is 42.9 Å². The number of nitrogens with zero attached hydrogens (tertiary/aromatic N) is 4. The Kier molecular flexibility index (Phi) is 8.96. The Labute approximate surface area is 172 Å². The van der Waals surface area contributed by atoms with Gasteiger partial charge in [0.05, 0.1) is 25.2 Å². The molecular formula is C18H29IN6O. The molecule has 2 aromatic heterocycles. The first-order valence-corrected chi connectivity index (χ1v) is 9.12. The standard InChI is InChI=1S/C18H28N6O.HI/c1-2-20-18(21-8-12-23-11-7-19-15-23)22-14-16(17-6-5-13-25-17)24-9-3-4-10-24;/h5-7,11,13,15-16H,2-4,8-10,12,14H2,1H3,(H2,20,21,22);1H. The number of guanidine groups is 1. The molecule has 2 aromatic rings. The van der Waals surface area contributed by atoms with Crippen LogP contribution >= 0.6 is 24.0 Å². The van der Waals surface area contributed by atoms with Crippen molar-refractivity contribution in [2.75, 3.05) is 32.7 Å². The molecule has 3 rings (SSSR count). The van der Waals surface area contributed by atoms with Crippen molar-refractivity contribution >= 4 is 29.9 Å². The van der Waals surface area contributed by atoms with Crippen LogP contribution < -0.4 is 10.6 Å². The van der Waals surface area contributed by atoms with Gasteiger partial charge in [-0.3, -0.25) is 9.89 Å². The number of imidazole rings is 1. The summed E-state index contributed by atoms with van der Waals surface area (Å²) in [6, 6.07) is 4.22. The van der Waals surface area contributed by atoms with Crippen LogP contribution in [0.3, 0.4) is 0 Å². The van der Waals surface area contributed by atoms with Gasteiger partial charge in [-0.05, 0) is 45.0 Å². The Morgan fingerprint density at radius 1 is 1.35 bits per heavy atom. The first-order chi connectivity index (χ1) is 12.4. The van der Waals surface area contributed by atoms with Crippen molar-refractivity contribution in [3.8, 4) is 0 Å². The SMILES string of the molecule is CCNC(=NCC(c1ccco1)N1CCCC1)NCCn1ccnc1.I. The summed E-state index contributed by atoms with van der Waals surface area (Å²) in [5.74, 6) is 1.85. The van der Waals surface area contributed by atoms with Gasteiger partial charge >= 0.3 is 0 Å². The molecule has 1 aliphatic heterocycles. The predicted octanol–water partition coefficient (Wildman–Crippen LogP) is 2.49. The Hall–Kier alpha value is -1.55. The summed E-state index contributed by atoms with van der Waals surface area (Å²) in [5.41, 5.74) is 0. The van der Waals surface area contributed by atoms with E-state index in [-0.39, 0.29) is 30.0 Å². The topological polar surface area (TPSA) is 70.6 Å². The van der Waals surface area contributed by atoms with Crippen LogP contribution in [0.2, 0.25) is 0 Å². The summed E-state index contributed by atoms with van der Waals surface area (Å²) in [6.07, 6.45) is 9.84. The maximum absolute atomic E-state index is 5.67. The lowest BCUT2D eigenvalue weighted by Gasteiger charge is -2.24. The summed E-state index contributed by atoms with van der Waals surface area (Å²) < 4.78 is 7.72. The van der Waals surface area contributed by atoms with E-state index in [4.69, 9.17) is 9.41 Å². The summed E-state index contributed by atoms with van der Waals surface area (Å²) in [4.78, 5) is 11.3. The van der Waals surface area contributed by atoms with E-state index in [1.165, 1.54) is 12.8 Å². The van der Waals surface area contributed by atoms with Crippen LogP contribution in [0.5, 0.6) is 0 Å². The lowest BCUT2D eigenvalue weighted by Crippen LogP contribution is -2.39. The minimum absolute atomic E-state index is 0. The van der Waals surface area contributed by atoms with Gasteiger partial charge in [0.1, 0.15) is 5.76 Å². The molecule has 1 aliphatic rings. The average Bonchev–Trinajstić information content (AvgIpc) is 3.38. The van der Waals surface area contributed by atoms with Crippen molar-refractivity contribution in [2.45, 2.75) is 32.4 Å². The van der Waals surface area contributed by atoms with Gasteiger partial charge in [-0.25, -0.2) is 4.98 Å². The Bertz CT molecular complexity index is 622. The minimum Gasteiger partial charge on any atom is -0.468 e. The summed E-state index contributed by atoms with van der Waals surface area (Å²) >= 11 is 0. The number of aliphatic imine (C=N–C) groups is 1. The van der Waals surface area contributed by atoms with Crippen LogP contribution in [0.25, 0.3) is 0 Å². The second kappa shape index (κ2) is 11.2. The van der Waals surface area contributed by atoms with E-state index in [1.54, 1.807) is 12.5 Å². The molecule has 3 heterocycles. The number of halogens is 1. The second-order valence-electron chi connectivity index (χ2n) is 6.22. The fraction of sp³-hybridized carbons (Fsp3) is 0.556. The lowest BCUT2D eigenvalue weighted by atomic mass is 10.2.